The summed E-state index contributed by atoms with van der Waals surface area (Å²) in [6, 6.07) is 1.69. The highest BCUT2D eigenvalue weighted by Crippen LogP contribution is 2.27. The van der Waals surface area contributed by atoms with Gasteiger partial charge in [-0.3, -0.25) is 4.90 Å². The highest BCUT2D eigenvalue weighted by atomic mass is 79.9. The van der Waals surface area contributed by atoms with Gasteiger partial charge in [0, 0.05) is 24.0 Å². The fraction of sp³-hybridized carbons (Fsp3) is 1.00. The van der Waals surface area contributed by atoms with Gasteiger partial charge in [-0.15, -0.1) is 0 Å². The molecule has 2 heteroatoms. The molecule has 0 bridgehead atoms. The van der Waals surface area contributed by atoms with Gasteiger partial charge < -0.3 is 0 Å². The summed E-state index contributed by atoms with van der Waals surface area (Å²) in [6.45, 7) is 5.89. The number of rotatable bonds is 6. The van der Waals surface area contributed by atoms with Crippen LogP contribution in [0.5, 0.6) is 0 Å². The number of hydrogen-bond donors (Lipinski definition) is 0. The van der Waals surface area contributed by atoms with E-state index in [2.05, 4.69) is 34.7 Å². The van der Waals surface area contributed by atoms with Crippen LogP contribution >= 0.6 is 15.9 Å². The molecule has 0 heterocycles. The molecule has 78 valence electrons. The van der Waals surface area contributed by atoms with Crippen LogP contribution in [-0.2, 0) is 0 Å². The van der Waals surface area contributed by atoms with Crippen molar-refractivity contribution in [2.75, 3.05) is 11.9 Å². The second-order valence-electron chi connectivity index (χ2n) is 4.15. The second kappa shape index (κ2) is 6.02. The van der Waals surface area contributed by atoms with Gasteiger partial charge in [-0.25, -0.2) is 0 Å². The van der Waals surface area contributed by atoms with E-state index in [9.17, 15) is 0 Å². The third-order valence-corrected chi connectivity index (χ3v) is 3.51. The maximum atomic E-state index is 3.55. The average molecular weight is 248 g/mol. The summed E-state index contributed by atoms with van der Waals surface area (Å²) in [5.41, 5.74) is 0. The molecule has 1 unspecified atom stereocenters. The molecule has 1 aliphatic carbocycles. The molecule has 0 aromatic heterocycles. The Morgan fingerprint density at radius 2 is 2.15 bits per heavy atom. The zero-order chi connectivity index (χ0) is 9.68. The van der Waals surface area contributed by atoms with Crippen molar-refractivity contribution in [3.63, 3.8) is 0 Å². The SMILES string of the molecule is CCCC(C)N(CCBr)C1CCC1. The van der Waals surface area contributed by atoms with Gasteiger partial charge in [0.2, 0.25) is 0 Å². The number of hydrogen-bond acceptors (Lipinski definition) is 1. The summed E-state index contributed by atoms with van der Waals surface area (Å²) in [5.74, 6) is 0. The maximum absolute atomic E-state index is 3.55. The van der Waals surface area contributed by atoms with E-state index in [4.69, 9.17) is 0 Å². The third-order valence-electron chi connectivity index (χ3n) is 3.16. The first-order valence-corrected chi connectivity index (χ1v) is 6.73. The molecule has 0 aliphatic heterocycles. The summed E-state index contributed by atoms with van der Waals surface area (Å²) in [5, 5.41) is 1.12. The Labute approximate surface area is 91.0 Å². The van der Waals surface area contributed by atoms with Crippen molar-refractivity contribution < 1.29 is 0 Å². The standard InChI is InChI=1S/C11H22BrN/c1-3-5-10(2)13(9-8-12)11-6-4-7-11/h10-11H,3-9H2,1-2H3. The smallest absolute Gasteiger partial charge is 0.0159 e. The minimum Gasteiger partial charge on any atom is -0.297 e. The molecular weight excluding hydrogens is 226 g/mol. The highest BCUT2D eigenvalue weighted by molar-refractivity contribution is 9.09. The molecule has 13 heavy (non-hydrogen) atoms. The fourth-order valence-corrected chi connectivity index (χ4v) is 2.57. The van der Waals surface area contributed by atoms with Crippen molar-refractivity contribution >= 4 is 15.9 Å². The molecule has 1 nitrogen and oxygen atoms in total. The largest absolute Gasteiger partial charge is 0.297 e. The van der Waals surface area contributed by atoms with Gasteiger partial charge in [0.25, 0.3) is 0 Å². The van der Waals surface area contributed by atoms with E-state index in [0.717, 1.165) is 17.4 Å². The number of nitrogens with zero attached hydrogens (tertiary/aromatic N) is 1. The predicted molar refractivity (Wildman–Crippen MR) is 62.5 cm³/mol. The van der Waals surface area contributed by atoms with Gasteiger partial charge in [0.05, 0.1) is 0 Å². The highest BCUT2D eigenvalue weighted by Gasteiger charge is 2.27. The van der Waals surface area contributed by atoms with Crippen molar-refractivity contribution in [2.24, 2.45) is 0 Å². The van der Waals surface area contributed by atoms with Crippen molar-refractivity contribution in [3.8, 4) is 0 Å². The molecule has 0 aromatic rings. The van der Waals surface area contributed by atoms with Crippen LogP contribution in [0.15, 0.2) is 0 Å². The Balaban J connectivity index is 2.35. The van der Waals surface area contributed by atoms with Crippen LogP contribution in [0.4, 0.5) is 0 Å². The third kappa shape index (κ3) is 3.25. The zero-order valence-corrected chi connectivity index (χ0v) is 10.5. The molecule has 0 spiro atoms. The summed E-state index contributed by atoms with van der Waals surface area (Å²) in [7, 11) is 0. The first-order chi connectivity index (χ1) is 6.29. The van der Waals surface area contributed by atoms with Crippen LogP contribution in [0.25, 0.3) is 0 Å². The molecule has 1 fully saturated rings. The monoisotopic (exact) mass is 247 g/mol. The van der Waals surface area contributed by atoms with E-state index < -0.39 is 0 Å². The quantitative estimate of drug-likeness (QED) is 0.651. The molecule has 0 amide bonds. The maximum Gasteiger partial charge on any atom is 0.0159 e. The van der Waals surface area contributed by atoms with E-state index in [1.807, 2.05) is 0 Å². The Morgan fingerprint density at radius 3 is 2.54 bits per heavy atom. The van der Waals surface area contributed by atoms with Crippen LogP contribution in [0, 0.1) is 0 Å². The Bertz CT molecular complexity index is 134. The van der Waals surface area contributed by atoms with Crippen molar-refractivity contribution in [1.29, 1.82) is 0 Å². The number of halogens is 1. The number of alkyl halides is 1. The lowest BCUT2D eigenvalue weighted by Gasteiger charge is -2.41. The van der Waals surface area contributed by atoms with E-state index in [1.54, 1.807) is 0 Å². The lowest BCUT2D eigenvalue weighted by Crippen LogP contribution is -2.46. The Morgan fingerprint density at radius 1 is 1.46 bits per heavy atom. The lowest BCUT2D eigenvalue weighted by atomic mass is 9.90. The van der Waals surface area contributed by atoms with Crippen LogP contribution in [0.2, 0.25) is 0 Å². The molecule has 0 N–H and O–H groups in total. The molecule has 0 radical (unpaired) electrons. The van der Waals surface area contributed by atoms with Gasteiger partial charge >= 0.3 is 0 Å². The van der Waals surface area contributed by atoms with Crippen molar-refractivity contribution in [2.45, 2.75) is 58.0 Å². The molecule has 1 rings (SSSR count). The van der Waals surface area contributed by atoms with E-state index >= 15 is 0 Å². The minimum atomic E-state index is 0.785. The molecule has 1 atom stereocenters. The molecule has 1 saturated carbocycles. The molecule has 1 aliphatic rings. The normalized spacial score (nSPS) is 20.3. The van der Waals surface area contributed by atoms with Gasteiger partial charge in [0.15, 0.2) is 0 Å². The fourth-order valence-electron chi connectivity index (χ4n) is 2.16. The van der Waals surface area contributed by atoms with E-state index in [0.29, 0.717) is 0 Å². The summed E-state index contributed by atoms with van der Waals surface area (Å²) < 4.78 is 0. The zero-order valence-electron chi connectivity index (χ0n) is 8.93. The summed E-state index contributed by atoms with van der Waals surface area (Å²) >= 11 is 3.55. The van der Waals surface area contributed by atoms with Crippen molar-refractivity contribution in [1.82, 2.24) is 4.90 Å². The molecule has 0 aromatic carbocycles. The lowest BCUT2D eigenvalue weighted by molar-refractivity contribution is 0.0900. The molecular formula is C11H22BrN. The molecule has 0 saturated heterocycles. The summed E-state index contributed by atoms with van der Waals surface area (Å²) in [4.78, 5) is 2.70. The van der Waals surface area contributed by atoms with E-state index in [1.165, 1.54) is 38.6 Å². The van der Waals surface area contributed by atoms with Crippen LogP contribution in [0.1, 0.15) is 46.0 Å². The minimum absolute atomic E-state index is 0.785. The first kappa shape index (κ1) is 11.5. The van der Waals surface area contributed by atoms with E-state index in [-0.39, 0.29) is 0 Å². The van der Waals surface area contributed by atoms with Gasteiger partial charge in [-0.1, -0.05) is 35.7 Å². The van der Waals surface area contributed by atoms with Gasteiger partial charge in [0.1, 0.15) is 0 Å². The predicted octanol–water partition coefficient (Wildman–Crippen LogP) is 3.42. The van der Waals surface area contributed by atoms with Crippen molar-refractivity contribution in [3.05, 3.63) is 0 Å². The topological polar surface area (TPSA) is 3.24 Å². The summed E-state index contributed by atoms with van der Waals surface area (Å²) in [6.07, 6.45) is 6.97. The second-order valence-corrected chi connectivity index (χ2v) is 4.94. The van der Waals surface area contributed by atoms with Crippen LogP contribution in [0.3, 0.4) is 0 Å². The van der Waals surface area contributed by atoms with Gasteiger partial charge in [-0.2, -0.15) is 0 Å². The van der Waals surface area contributed by atoms with Crippen LogP contribution in [-0.4, -0.2) is 28.9 Å². The Kier molecular flexibility index (Phi) is 5.34. The van der Waals surface area contributed by atoms with Gasteiger partial charge in [-0.05, 0) is 26.2 Å². The first-order valence-electron chi connectivity index (χ1n) is 5.61. The average Bonchev–Trinajstić information content (AvgIpc) is 2.01. The Hall–Kier alpha value is 0.440. The van der Waals surface area contributed by atoms with Crippen LogP contribution < -0.4 is 0 Å².